The van der Waals surface area contributed by atoms with Gasteiger partial charge in [-0.15, -0.1) is 0 Å². The average Bonchev–Trinajstić information content (AvgIpc) is 2.29. The van der Waals surface area contributed by atoms with E-state index in [1.165, 1.54) is 4.90 Å². The van der Waals surface area contributed by atoms with Gasteiger partial charge in [0.25, 0.3) is 0 Å². The number of carbonyl (C=O) groups is 1. The molecule has 106 valence electrons. The van der Waals surface area contributed by atoms with Crippen LogP contribution in [0, 0.1) is 0 Å². The van der Waals surface area contributed by atoms with Gasteiger partial charge in [-0.05, 0) is 32.9 Å². The van der Waals surface area contributed by atoms with Crippen molar-refractivity contribution in [2.45, 2.75) is 26.4 Å². The van der Waals surface area contributed by atoms with E-state index in [2.05, 4.69) is 5.32 Å². The van der Waals surface area contributed by atoms with Crippen LogP contribution in [-0.4, -0.2) is 36.7 Å². The molecule has 0 aliphatic rings. The lowest BCUT2D eigenvalue weighted by atomic mass is 10.2. The van der Waals surface area contributed by atoms with Crippen LogP contribution >= 0.6 is 0 Å². The maximum atomic E-state index is 11.7. The topological polar surface area (TPSA) is 67.6 Å². The molecule has 0 fully saturated rings. The van der Waals surface area contributed by atoms with E-state index in [9.17, 15) is 4.79 Å². The van der Waals surface area contributed by atoms with Gasteiger partial charge in [-0.3, -0.25) is 0 Å². The summed E-state index contributed by atoms with van der Waals surface area (Å²) >= 11 is 0. The number of nitrogens with zero attached hydrogens (tertiary/aromatic N) is 1. The van der Waals surface area contributed by atoms with Crippen LogP contribution in [0.3, 0.4) is 0 Å². The van der Waals surface area contributed by atoms with Crippen LogP contribution in [0.2, 0.25) is 0 Å². The Bertz CT molecular complexity index is 427. The molecule has 0 radical (unpaired) electrons. The number of para-hydroxylation sites is 2. The number of nitrogens with two attached hydrogens (primary N) is 1. The fourth-order valence-corrected chi connectivity index (χ4v) is 1.45. The van der Waals surface area contributed by atoms with E-state index in [0.29, 0.717) is 18.8 Å². The van der Waals surface area contributed by atoms with E-state index in [1.807, 2.05) is 45.0 Å². The molecular weight excluding hydrogens is 242 g/mol. The predicted octanol–water partition coefficient (Wildman–Crippen LogP) is 2.55. The summed E-state index contributed by atoms with van der Waals surface area (Å²) < 4.78 is 5.26. The standard InChI is InChI=1S/C14H23N3O2/c1-14(2,3)19-13(18)17(4)10-9-16-12-8-6-5-7-11(12)15/h5-8,16H,9-10,15H2,1-4H3. The molecule has 0 aliphatic carbocycles. The van der Waals surface area contributed by atoms with Gasteiger partial charge in [0.2, 0.25) is 0 Å². The molecule has 5 nitrogen and oxygen atoms in total. The number of carbonyl (C=O) groups excluding carboxylic acids is 1. The van der Waals surface area contributed by atoms with Crippen molar-refractivity contribution in [1.29, 1.82) is 0 Å². The van der Waals surface area contributed by atoms with E-state index in [4.69, 9.17) is 10.5 Å². The highest BCUT2D eigenvalue weighted by Crippen LogP contribution is 2.16. The van der Waals surface area contributed by atoms with Crippen molar-refractivity contribution in [3.8, 4) is 0 Å². The molecule has 5 heteroatoms. The molecule has 0 unspecified atom stereocenters. The third kappa shape index (κ3) is 5.50. The van der Waals surface area contributed by atoms with Gasteiger partial charge in [-0.2, -0.15) is 0 Å². The van der Waals surface area contributed by atoms with Gasteiger partial charge in [0.1, 0.15) is 5.60 Å². The third-order valence-electron chi connectivity index (χ3n) is 2.43. The number of hydrogen-bond acceptors (Lipinski definition) is 4. The van der Waals surface area contributed by atoms with Crippen LogP contribution < -0.4 is 11.1 Å². The van der Waals surface area contributed by atoms with Crippen molar-refractivity contribution >= 4 is 17.5 Å². The summed E-state index contributed by atoms with van der Waals surface area (Å²) in [6.45, 7) is 6.71. The van der Waals surface area contributed by atoms with E-state index < -0.39 is 5.60 Å². The molecule has 0 saturated carbocycles. The van der Waals surface area contributed by atoms with E-state index in [0.717, 1.165) is 5.69 Å². The first-order valence-corrected chi connectivity index (χ1v) is 6.32. The number of ether oxygens (including phenoxy) is 1. The number of hydrogen-bond donors (Lipinski definition) is 2. The number of rotatable bonds is 4. The maximum absolute atomic E-state index is 11.7. The molecule has 0 aliphatic heterocycles. The van der Waals surface area contributed by atoms with Crippen molar-refractivity contribution in [1.82, 2.24) is 4.90 Å². The summed E-state index contributed by atoms with van der Waals surface area (Å²) in [4.78, 5) is 13.3. The molecule has 3 N–H and O–H groups in total. The fraction of sp³-hybridized carbons (Fsp3) is 0.500. The van der Waals surface area contributed by atoms with Crippen molar-refractivity contribution in [3.63, 3.8) is 0 Å². The molecule has 1 rings (SSSR count). The predicted molar refractivity (Wildman–Crippen MR) is 78.2 cm³/mol. The number of nitrogens with one attached hydrogen (secondary N) is 1. The van der Waals surface area contributed by atoms with Crippen molar-refractivity contribution in [2.75, 3.05) is 31.2 Å². The summed E-state index contributed by atoms with van der Waals surface area (Å²) in [6.07, 6.45) is -0.324. The zero-order valence-electron chi connectivity index (χ0n) is 12.1. The Morgan fingerprint density at radius 3 is 2.58 bits per heavy atom. The molecule has 19 heavy (non-hydrogen) atoms. The smallest absolute Gasteiger partial charge is 0.410 e. The quantitative estimate of drug-likeness (QED) is 0.821. The number of amides is 1. The largest absolute Gasteiger partial charge is 0.444 e. The molecule has 0 heterocycles. The van der Waals surface area contributed by atoms with Crippen LogP contribution in [0.5, 0.6) is 0 Å². The molecule has 1 amide bonds. The highest BCUT2D eigenvalue weighted by atomic mass is 16.6. The Kier molecular flexibility index (Phi) is 5.03. The first-order valence-electron chi connectivity index (χ1n) is 6.32. The van der Waals surface area contributed by atoms with Gasteiger partial charge in [-0.1, -0.05) is 12.1 Å². The summed E-state index contributed by atoms with van der Waals surface area (Å²) in [5.41, 5.74) is 6.91. The van der Waals surface area contributed by atoms with Gasteiger partial charge in [-0.25, -0.2) is 4.79 Å². The Labute approximate surface area is 114 Å². The molecule has 0 aromatic heterocycles. The molecule has 0 atom stereocenters. The second-order valence-corrected chi connectivity index (χ2v) is 5.42. The van der Waals surface area contributed by atoms with Crippen molar-refractivity contribution in [2.24, 2.45) is 0 Å². The zero-order chi connectivity index (χ0) is 14.5. The van der Waals surface area contributed by atoms with Crippen LogP contribution in [0.4, 0.5) is 16.2 Å². The minimum Gasteiger partial charge on any atom is -0.444 e. The Hall–Kier alpha value is -1.91. The fourth-order valence-electron chi connectivity index (χ4n) is 1.45. The monoisotopic (exact) mass is 265 g/mol. The molecule has 0 bridgehead atoms. The number of likely N-dealkylation sites (N-methyl/N-ethyl adjacent to an activating group) is 1. The average molecular weight is 265 g/mol. The SMILES string of the molecule is CN(CCNc1ccccc1N)C(=O)OC(C)(C)C. The second kappa shape index (κ2) is 6.31. The Balaban J connectivity index is 2.37. The molecule has 0 spiro atoms. The molecule has 0 saturated heterocycles. The van der Waals surface area contributed by atoms with Crippen molar-refractivity contribution in [3.05, 3.63) is 24.3 Å². The highest BCUT2D eigenvalue weighted by Gasteiger charge is 2.19. The lowest BCUT2D eigenvalue weighted by Gasteiger charge is -2.24. The van der Waals surface area contributed by atoms with E-state index in [-0.39, 0.29) is 6.09 Å². The van der Waals surface area contributed by atoms with E-state index in [1.54, 1.807) is 7.05 Å². The normalized spacial score (nSPS) is 10.9. The lowest BCUT2D eigenvalue weighted by molar-refractivity contribution is 0.0305. The Morgan fingerprint density at radius 1 is 1.37 bits per heavy atom. The first-order chi connectivity index (χ1) is 8.79. The van der Waals surface area contributed by atoms with Gasteiger partial charge in [0, 0.05) is 20.1 Å². The number of nitrogen functional groups attached to an aromatic ring is 1. The van der Waals surface area contributed by atoms with Crippen LogP contribution in [-0.2, 0) is 4.74 Å². The maximum Gasteiger partial charge on any atom is 0.410 e. The highest BCUT2D eigenvalue weighted by molar-refractivity contribution is 5.68. The van der Waals surface area contributed by atoms with Gasteiger partial charge in [0.05, 0.1) is 11.4 Å². The summed E-state index contributed by atoms with van der Waals surface area (Å²) in [5.74, 6) is 0. The molecular formula is C14H23N3O2. The lowest BCUT2D eigenvalue weighted by Crippen LogP contribution is -2.36. The first kappa shape index (κ1) is 15.1. The summed E-state index contributed by atoms with van der Waals surface area (Å²) in [7, 11) is 1.71. The second-order valence-electron chi connectivity index (χ2n) is 5.42. The molecule has 1 aromatic carbocycles. The number of anilines is 2. The minimum atomic E-state index is -0.470. The third-order valence-corrected chi connectivity index (χ3v) is 2.43. The Morgan fingerprint density at radius 2 is 2.00 bits per heavy atom. The summed E-state index contributed by atoms with van der Waals surface area (Å²) in [5, 5.41) is 3.19. The number of benzene rings is 1. The van der Waals surface area contributed by atoms with Gasteiger partial charge >= 0.3 is 6.09 Å². The minimum absolute atomic E-state index is 0.324. The van der Waals surface area contributed by atoms with Gasteiger partial charge < -0.3 is 20.7 Å². The van der Waals surface area contributed by atoms with Crippen LogP contribution in [0.15, 0.2) is 24.3 Å². The van der Waals surface area contributed by atoms with E-state index >= 15 is 0 Å². The van der Waals surface area contributed by atoms with Crippen LogP contribution in [0.1, 0.15) is 20.8 Å². The zero-order valence-corrected chi connectivity index (χ0v) is 12.1. The molecule has 1 aromatic rings. The summed E-state index contributed by atoms with van der Waals surface area (Å²) in [6, 6.07) is 7.53. The van der Waals surface area contributed by atoms with Crippen molar-refractivity contribution < 1.29 is 9.53 Å². The van der Waals surface area contributed by atoms with Crippen LogP contribution in [0.25, 0.3) is 0 Å². The van der Waals surface area contributed by atoms with Gasteiger partial charge in [0.15, 0.2) is 0 Å².